The lowest BCUT2D eigenvalue weighted by molar-refractivity contribution is 0.507. The van der Waals surface area contributed by atoms with Crippen LogP contribution in [-0.2, 0) is 0 Å². The van der Waals surface area contributed by atoms with Crippen molar-refractivity contribution >= 4 is 11.8 Å². The van der Waals surface area contributed by atoms with Gasteiger partial charge in [-0.15, -0.1) is 0 Å². The van der Waals surface area contributed by atoms with Gasteiger partial charge in [-0.25, -0.2) is 0 Å². The fourth-order valence-corrected chi connectivity index (χ4v) is 5.34. The van der Waals surface area contributed by atoms with Crippen LogP contribution in [0, 0.1) is 5.92 Å². The summed E-state index contributed by atoms with van der Waals surface area (Å²) in [4.78, 5) is 0. The third-order valence-corrected chi connectivity index (χ3v) is 6.36. The molecule has 2 unspecified atom stereocenters. The third-order valence-electron chi connectivity index (χ3n) is 4.56. The fourth-order valence-electron chi connectivity index (χ4n) is 3.55. The van der Waals surface area contributed by atoms with Crippen LogP contribution in [0.25, 0.3) is 0 Å². The summed E-state index contributed by atoms with van der Waals surface area (Å²) < 4.78 is 0. The number of thioether (sulfide) groups is 1. The SMILES string of the molecule is C1=CC([C@H]2CCC(C3=CCCCC3)S2)CCC1. The highest BCUT2D eigenvalue weighted by atomic mass is 32.2. The number of hydrogen-bond acceptors (Lipinski definition) is 1. The van der Waals surface area contributed by atoms with Gasteiger partial charge >= 0.3 is 0 Å². The van der Waals surface area contributed by atoms with Crippen molar-refractivity contribution in [2.75, 3.05) is 0 Å². The number of hydrogen-bond donors (Lipinski definition) is 0. The molecule has 3 atom stereocenters. The molecule has 0 bridgehead atoms. The molecule has 0 spiro atoms. The standard InChI is InChI=1S/C16H24S/c1-3-7-13(8-4-1)15-11-12-16(17-15)14-9-5-2-6-10-14/h3,7,9,13,15-16H,1-2,4-6,8,10-12H2/t13?,15-,16?/m1/s1. The molecule has 0 radical (unpaired) electrons. The van der Waals surface area contributed by atoms with Gasteiger partial charge in [0, 0.05) is 10.5 Å². The van der Waals surface area contributed by atoms with E-state index in [2.05, 4.69) is 30.0 Å². The molecule has 1 aliphatic heterocycles. The first-order chi connectivity index (χ1) is 8.43. The highest BCUT2D eigenvalue weighted by molar-refractivity contribution is 8.01. The van der Waals surface area contributed by atoms with Crippen molar-refractivity contribution < 1.29 is 0 Å². The fraction of sp³-hybridized carbons (Fsp3) is 0.750. The van der Waals surface area contributed by atoms with E-state index in [1.54, 1.807) is 5.57 Å². The zero-order valence-electron chi connectivity index (χ0n) is 10.7. The molecule has 1 heterocycles. The van der Waals surface area contributed by atoms with Crippen LogP contribution < -0.4 is 0 Å². The van der Waals surface area contributed by atoms with E-state index in [9.17, 15) is 0 Å². The molecule has 2 aliphatic carbocycles. The van der Waals surface area contributed by atoms with Crippen LogP contribution in [0.2, 0.25) is 0 Å². The summed E-state index contributed by atoms with van der Waals surface area (Å²) in [6.07, 6.45) is 20.2. The summed E-state index contributed by atoms with van der Waals surface area (Å²) >= 11 is 2.30. The summed E-state index contributed by atoms with van der Waals surface area (Å²) in [5.74, 6) is 0.892. The van der Waals surface area contributed by atoms with Crippen LogP contribution in [0.15, 0.2) is 23.8 Å². The smallest absolute Gasteiger partial charge is 0.0259 e. The Morgan fingerprint density at radius 3 is 2.76 bits per heavy atom. The van der Waals surface area contributed by atoms with E-state index in [1.165, 1.54) is 57.8 Å². The molecule has 0 nitrogen and oxygen atoms in total. The van der Waals surface area contributed by atoms with Crippen molar-refractivity contribution in [2.45, 2.75) is 68.3 Å². The van der Waals surface area contributed by atoms with Gasteiger partial charge in [-0.3, -0.25) is 0 Å². The van der Waals surface area contributed by atoms with Gasteiger partial charge in [-0.05, 0) is 63.7 Å². The Bertz CT molecular complexity index is 315. The molecule has 0 aromatic rings. The molecule has 3 rings (SSSR count). The molecule has 0 aromatic heterocycles. The lowest BCUT2D eigenvalue weighted by atomic mass is 9.89. The Morgan fingerprint density at radius 2 is 2.00 bits per heavy atom. The second-order valence-corrected chi connectivity index (χ2v) is 7.23. The third kappa shape index (κ3) is 2.81. The molecule has 1 saturated heterocycles. The van der Waals surface area contributed by atoms with Gasteiger partial charge in [0.05, 0.1) is 0 Å². The predicted molar refractivity (Wildman–Crippen MR) is 77.4 cm³/mol. The first-order valence-corrected chi connectivity index (χ1v) is 8.39. The maximum Gasteiger partial charge on any atom is 0.0259 e. The summed E-state index contributed by atoms with van der Waals surface area (Å²) in [5, 5.41) is 1.81. The minimum atomic E-state index is 0.885. The van der Waals surface area contributed by atoms with E-state index in [1.807, 2.05) is 0 Å². The Labute approximate surface area is 110 Å². The molecule has 94 valence electrons. The van der Waals surface area contributed by atoms with Gasteiger partial charge in [0.15, 0.2) is 0 Å². The lowest BCUT2D eigenvalue weighted by Crippen LogP contribution is -2.14. The molecule has 1 fully saturated rings. The maximum absolute atomic E-state index is 2.56. The quantitative estimate of drug-likeness (QED) is 0.612. The largest absolute Gasteiger partial charge is 0.150 e. The molecular weight excluding hydrogens is 224 g/mol. The van der Waals surface area contributed by atoms with Crippen molar-refractivity contribution in [1.29, 1.82) is 0 Å². The van der Waals surface area contributed by atoms with Gasteiger partial charge in [0.1, 0.15) is 0 Å². The second kappa shape index (κ2) is 5.65. The normalized spacial score (nSPS) is 38.1. The summed E-state index contributed by atoms with van der Waals surface area (Å²) in [6, 6.07) is 0. The summed E-state index contributed by atoms with van der Waals surface area (Å²) in [7, 11) is 0. The number of rotatable bonds is 2. The molecule has 0 aromatic carbocycles. The first-order valence-electron chi connectivity index (χ1n) is 7.44. The molecule has 1 heteroatoms. The Balaban J connectivity index is 1.59. The molecular formula is C16H24S. The monoisotopic (exact) mass is 248 g/mol. The second-order valence-electron chi connectivity index (χ2n) is 5.79. The minimum absolute atomic E-state index is 0.885. The van der Waals surface area contributed by atoms with Crippen LogP contribution in [0.4, 0.5) is 0 Å². The van der Waals surface area contributed by atoms with Crippen molar-refractivity contribution in [2.24, 2.45) is 5.92 Å². The van der Waals surface area contributed by atoms with Crippen LogP contribution in [-0.4, -0.2) is 10.5 Å². The van der Waals surface area contributed by atoms with Crippen molar-refractivity contribution in [3.8, 4) is 0 Å². The highest BCUT2D eigenvalue weighted by Gasteiger charge is 2.32. The average Bonchev–Trinajstić information content (AvgIpc) is 2.90. The van der Waals surface area contributed by atoms with E-state index < -0.39 is 0 Å². The van der Waals surface area contributed by atoms with Gasteiger partial charge in [0.25, 0.3) is 0 Å². The van der Waals surface area contributed by atoms with E-state index in [-0.39, 0.29) is 0 Å². The zero-order chi connectivity index (χ0) is 11.5. The van der Waals surface area contributed by atoms with Crippen molar-refractivity contribution in [1.82, 2.24) is 0 Å². The van der Waals surface area contributed by atoms with Gasteiger partial charge < -0.3 is 0 Å². The van der Waals surface area contributed by atoms with E-state index in [4.69, 9.17) is 0 Å². The van der Waals surface area contributed by atoms with Gasteiger partial charge in [-0.2, -0.15) is 11.8 Å². The van der Waals surface area contributed by atoms with Crippen LogP contribution >= 0.6 is 11.8 Å². The van der Waals surface area contributed by atoms with E-state index >= 15 is 0 Å². The average molecular weight is 248 g/mol. The van der Waals surface area contributed by atoms with Crippen LogP contribution in [0.1, 0.15) is 57.8 Å². The van der Waals surface area contributed by atoms with E-state index in [0.717, 1.165) is 16.4 Å². The summed E-state index contributed by atoms with van der Waals surface area (Å²) in [5.41, 5.74) is 1.79. The topological polar surface area (TPSA) is 0 Å². The predicted octanol–water partition coefficient (Wildman–Crippen LogP) is 5.11. The maximum atomic E-state index is 2.56. The lowest BCUT2D eigenvalue weighted by Gasteiger charge is -2.24. The Morgan fingerprint density at radius 1 is 1.00 bits per heavy atom. The Kier molecular flexibility index (Phi) is 3.95. The molecule has 17 heavy (non-hydrogen) atoms. The number of allylic oxidation sites excluding steroid dienone is 3. The zero-order valence-corrected chi connectivity index (χ0v) is 11.6. The van der Waals surface area contributed by atoms with Gasteiger partial charge in [-0.1, -0.05) is 23.8 Å². The van der Waals surface area contributed by atoms with Crippen molar-refractivity contribution in [3.63, 3.8) is 0 Å². The Hall–Kier alpha value is -0.170. The molecule has 0 N–H and O–H groups in total. The minimum Gasteiger partial charge on any atom is -0.150 e. The highest BCUT2D eigenvalue weighted by Crippen LogP contribution is 2.45. The molecule has 0 saturated carbocycles. The van der Waals surface area contributed by atoms with Crippen LogP contribution in [0.5, 0.6) is 0 Å². The van der Waals surface area contributed by atoms with Crippen molar-refractivity contribution in [3.05, 3.63) is 23.8 Å². The van der Waals surface area contributed by atoms with Crippen LogP contribution in [0.3, 0.4) is 0 Å². The molecule has 3 aliphatic rings. The van der Waals surface area contributed by atoms with E-state index in [0.29, 0.717) is 0 Å². The summed E-state index contributed by atoms with van der Waals surface area (Å²) in [6.45, 7) is 0. The molecule has 0 amide bonds. The van der Waals surface area contributed by atoms with Gasteiger partial charge in [0.2, 0.25) is 0 Å². The first kappa shape index (κ1) is 11.9.